The fourth-order valence-corrected chi connectivity index (χ4v) is 7.47. The number of amides is 1. The number of rotatable bonds is 7. The minimum absolute atomic E-state index is 0.000246. The first-order chi connectivity index (χ1) is 14.5. The molecule has 1 aromatic rings. The van der Waals surface area contributed by atoms with Crippen molar-refractivity contribution in [1.82, 2.24) is 19.6 Å². The van der Waals surface area contributed by atoms with Crippen LogP contribution < -0.4 is 10.0 Å². The van der Waals surface area contributed by atoms with Gasteiger partial charge in [0.1, 0.15) is 0 Å². The number of nitrogens with one attached hydrogen (secondary N) is 2. The van der Waals surface area contributed by atoms with E-state index in [2.05, 4.69) is 28.9 Å². The Labute approximate surface area is 185 Å². The molecule has 0 aromatic carbocycles. The fraction of sp³-hybridized carbons (Fsp3) is 0.818. The number of imidazole rings is 1. The molecule has 2 aliphatic carbocycles. The zero-order chi connectivity index (χ0) is 22.6. The van der Waals surface area contributed by atoms with Crippen LogP contribution in [0.4, 0.5) is 0 Å². The van der Waals surface area contributed by atoms with Crippen LogP contribution in [0.15, 0.2) is 17.6 Å². The lowest BCUT2D eigenvalue weighted by atomic mass is 9.59. The fourth-order valence-electron chi connectivity index (χ4n) is 6.44. The monoisotopic (exact) mass is 452 g/mol. The predicted molar refractivity (Wildman–Crippen MR) is 117 cm³/mol. The molecule has 1 saturated heterocycles. The lowest BCUT2D eigenvalue weighted by molar-refractivity contribution is -0.138. The molecule has 31 heavy (non-hydrogen) atoms. The third kappa shape index (κ3) is 3.82. The summed E-state index contributed by atoms with van der Waals surface area (Å²) >= 11 is 0. The first kappa shape index (κ1) is 22.7. The summed E-state index contributed by atoms with van der Waals surface area (Å²) in [6, 6.07) is 0.135. The largest absolute Gasteiger partial charge is 0.378 e. The highest BCUT2D eigenvalue weighted by Gasteiger charge is 2.68. The third-order valence-corrected chi connectivity index (χ3v) is 9.46. The molecule has 2 N–H and O–H groups in total. The molecule has 1 spiro atoms. The van der Waals surface area contributed by atoms with Crippen molar-refractivity contribution in [2.75, 3.05) is 13.2 Å². The highest BCUT2D eigenvalue weighted by Crippen LogP contribution is 2.68. The number of fused-ring (bicyclic) bond motifs is 1. The van der Waals surface area contributed by atoms with Crippen LogP contribution in [-0.2, 0) is 26.6 Å². The maximum Gasteiger partial charge on any atom is 0.259 e. The third-order valence-electron chi connectivity index (χ3n) is 8.11. The molecular weight excluding hydrogens is 416 g/mol. The van der Waals surface area contributed by atoms with Crippen molar-refractivity contribution < 1.29 is 17.9 Å². The summed E-state index contributed by atoms with van der Waals surface area (Å²) in [4.78, 5) is 16.6. The van der Waals surface area contributed by atoms with Crippen LogP contribution in [0, 0.1) is 28.6 Å². The molecule has 3 aliphatic rings. The number of carbonyl (C=O) groups is 1. The van der Waals surface area contributed by atoms with Crippen molar-refractivity contribution in [2.24, 2.45) is 35.6 Å². The highest BCUT2D eigenvalue weighted by atomic mass is 32.2. The Hall–Kier alpha value is -1.45. The Bertz CT molecular complexity index is 941. The zero-order valence-corrected chi connectivity index (χ0v) is 20.0. The number of ether oxygens (including phenoxy) is 1. The van der Waals surface area contributed by atoms with Crippen LogP contribution in [0.3, 0.4) is 0 Å². The van der Waals surface area contributed by atoms with Gasteiger partial charge in [-0.3, -0.25) is 4.79 Å². The molecule has 8 nitrogen and oxygen atoms in total. The average Bonchev–Trinajstić information content (AvgIpc) is 3.35. The van der Waals surface area contributed by atoms with Crippen molar-refractivity contribution in [3.05, 3.63) is 12.5 Å². The van der Waals surface area contributed by atoms with Crippen LogP contribution in [0.1, 0.15) is 53.4 Å². The van der Waals surface area contributed by atoms with Gasteiger partial charge < -0.3 is 14.6 Å². The molecule has 174 valence electrons. The summed E-state index contributed by atoms with van der Waals surface area (Å²) in [5.74, 6) is 0.965. The molecule has 0 unspecified atom stereocenters. The van der Waals surface area contributed by atoms with Gasteiger partial charge in [0.2, 0.25) is 5.91 Å². The number of hydrogen-bond donors (Lipinski definition) is 2. The number of hydrogen-bond acceptors (Lipinski definition) is 5. The number of aromatic nitrogens is 2. The Kier molecular flexibility index (Phi) is 5.75. The number of nitrogens with zero attached hydrogens (tertiary/aromatic N) is 2. The molecular formula is C22H36N4O4S. The van der Waals surface area contributed by atoms with Gasteiger partial charge in [-0.15, -0.1) is 0 Å². The minimum Gasteiger partial charge on any atom is -0.378 e. The molecule has 1 aromatic heterocycles. The van der Waals surface area contributed by atoms with E-state index < -0.39 is 10.0 Å². The van der Waals surface area contributed by atoms with E-state index in [4.69, 9.17) is 4.74 Å². The second-order valence-electron chi connectivity index (χ2n) is 10.6. The van der Waals surface area contributed by atoms with E-state index in [-0.39, 0.29) is 39.8 Å². The van der Waals surface area contributed by atoms with Gasteiger partial charge in [-0.25, -0.2) is 18.1 Å². The zero-order valence-electron chi connectivity index (χ0n) is 19.2. The number of sulfonamides is 1. The van der Waals surface area contributed by atoms with Crippen molar-refractivity contribution in [2.45, 2.75) is 70.6 Å². The number of aryl methyl sites for hydroxylation is 1. The smallest absolute Gasteiger partial charge is 0.259 e. The quantitative estimate of drug-likeness (QED) is 0.659. The summed E-state index contributed by atoms with van der Waals surface area (Å²) in [7, 11) is -1.88. The van der Waals surface area contributed by atoms with Gasteiger partial charge in [0, 0.05) is 38.4 Å². The van der Waals surface area contributed by atoms with Crippen molar-refractivity contribution in [3.8, 4) is 0 Å². The van der Waals surface area contributed by atoms with Crippen LogP contribution in [0.25, 0.3) is 0 Å². The van der Waals surface area contributed by atoms with Crippen LogP contribution in [-0.4, -0.2) is 49.2 Å². The second-order valence-corrected chi connectivity index (χ2v) is 12.3. The summed E-state index contributed by atoms with van der Waals surface area (Å²) in [5, 5.41) is 3.43. The van der Waals surface area contributed by atoms with Gasteiger partial charge in [-0.1, -0.05) is 27.7 Å². The molecule has 9 heteroatoms. The van der Waals surface area contributed by atoms with Crippen LogP contribution in [0.2, 0.25) is 0 Å². The lowest BCUT2D eigenvalue weighted by Gasteiger charge is -2.53. The summed E-state index contributed by atoms with van der Waals surface area (Å²) in [5.41, 5.74) is 0.102. The normalized spacial score (nSPS) is 34.1. The van der Waals surface area contributed by atoms with Crippen molar-refractivity contribution >= 4 is 15.9 Å². The SMILES string of the molecule is CC(C)C(=O)N[C@H]1C(C)(C)[C@@H]2C[C@@H]3[C@@H](CCNS(=O)(=O)c4cn(C)cn4)OCC[C@@]31C2. The van der Waals surface area contributed by atoms with E-state index in [1.807, 2.05) is 13.8 Å². The van der Waals surface area contributed by atoms with E-state index >= 15 is 0 Å². The summed E-state index contributed by atoms with van der Waals surface area (Å²) in [6.45, 7) is 9.42. The maximum atomic E-state index is 12.6. The predicted octanol–water partition coefficient (Wildman–Crippen LogP) is 2.07. The molecule has 2 bridgehead atoms. The van der Waals surface area contributed by atoms with Crippen molar-refractivity contribution in [3.63, 3.8) is 0 Å². The topological polar surface area (TPSA) is 102 Å². The Balaban J connectivity index is 1.46. The Morgan fingerprint density at radius 3 is 2.77 bits per heavy atom. The number of carbonyl (C=O) groups excluding carboxylic acids is 1. The van der Waals surface area contributed by atoms with Gasteiger partial charge in [0.15, 0.2) is 5.03 Å². The van der Waals surface area contributed by atoms with Gasteiger partial charge >= 0.3 is 0 Å². The Morgan fingerprint density at radius 2 is 2.13 bits per heavy atom. The molecule has 5 atom stereocenters. The second kappa shape index (κ2) is 7.85. The van der Waals surface area contributed by atoms with E-state index in [9.17, 15) is 13.2 Å². The minimum atomic E-state index is -3.62. The van der Waals surface area contributed by atoms with Crippen LogP contribution >= 0.6 is 0 Å². The molecule has 1 aliphatic heterocycles. The van der Waals surface area contributed by atoms with Gasteiger partial charge in [0.05, 0.1) is 12.4 Å². The van der Waals surface area contributed by atoms with E-state index in [0.717, 1.165) is 19.3 Å². The molecule has 4 rings (SSSR count). The summed E-state index contributed by atoms with van der Waals surface area (Å²) < 4.78 is 35.4. The average molecular weight is 453 g/mol. The van der Waals surface area contributed by atoms with E-state index in [1.54, 1.807) is 11.6 Å². The van der Waals surface area contributed by atoms with Gasteiger partial charge in [0.25, 0.3) is 10.0 Å². The molecule has 1 amide bonds. The van der Waals surface area contributed by atoms with Crippen molar-refractivity contribution in [1.29, 1.82) is 0 Å². The standard InChI is InChI=1S/C22H36N4O4S/c1-14(2)19(27)25-20-21(3,4)15-10-16-17(30-9-7-22(16,20)11-15)6-8-24-31(28,29)18-12-26(5)13-23-18/h12-17,20,24H,6-11H2,1-5H3,(H,25,27)/t15-,16-,17-,20+,22-/m1/s1. The highest BCUT2D eigenvalue weighted by molar-refractivity contribution is 7.89. The molecule has 3 fully saturated rings. The van der Waals surface area contributed by atoms with Crippen LogP contribution in [0.5, 0.6) is 0 Å². The maximum absolute atomic E-state index is 12.6. The summed E-state index contributed by atoms with van der Waals surface area (Å²) in [6.07, 6.45) is 6.75. The first-order valence-electron chi connectivity index (χ1n) is 11.4. The molecule has 2 saturated carbocycles. The molecule has 0 radical (unpaired) electrons. The van der Waals surface area contributed by atoms with Gasteiger partial charge in [-0.05, 0) is 48.3 Å². The van der Waals surface area contributed by atoms with E-state index in [1.165, 1.54) is 12.5 Å². The molecule has 2 heterocycles. The lowest BCUT2D eigenvalue weighted by Crippen LogP contribution is -2.60. The Morgan fingerprint density at radius 1 is 1.39 bits per heavy atom. The van der Waals surface area contributed by atoms with E-state index in [0.29, 0.717) is 31.4 Å². The van der Waals surface area contributed by atoms with Gasteiger partial charge in [-0.2, -0.15) is 0 Å². The first-order valence-corrected chi connectivity index (χ1v) is 12.9.